The lowest BCUT2D eigenvalue weighted by Gasteiger charge is -2.09. The van der Waals surface area contributed by atoms with Crippen molar-refractivity contribution in [1.82, 2.24) is 9.97 Å². The van der Waals surface area contributed by atoms with Crippen LogP contribution in [-0.2, 0) is 14.3 Å². The Morgan fingerprint density at radius 1 is 1.04 bits per heavy atom. The van der Waals surface area contributed by atoms with E-state index in [1.807, 2.05) is 0 Å². The minimum absolute atomic E-state index is 0.0546. The number of carbonyl (C=O) groups excluding carboxylic acids is 2. The van der Waals surface area contributed by atoms with Crippen LogP contribution in [0.4, 0.5) is 11.6 Å². The predicted molar refractivity (Wildman–Crippen MR) is 96.2 cm³/mol. The Kier molecular flexibility index (Phi) is 7.24. The Labute approximate surface area is 158 Å². The lowest BCUT2D eigenvalue weighted by Crippen LogP contribution is -2.22. The van der Waals surface area contributed by atoms with Gasteiger partial charge in [-0.25, -0.2) is 9.97 Å². The molecule has 0 aliphatic carbocycles. The maximum Gasteiger partial charge on any atom is 0.308 e. The second-order valence-corrected chi connectivity index (χ2v) is 5.93. The number of hydrogen-bond acceptors (Lipinski definition) is 6. The molecule has 1 aromatic carbocycles. The van der Waals surface area contributed by atoms with Crippen molar-refractivity contribution < 1.29 is 14.3 Å². The monoisotopic (exact) mass is 402 g/mol. The molecule has 0 saturated carbocycles. The van der Waals surface area contributed by atoms with Crippen LogP contribution < -0.4 is 10.6 Å². The highest BCUT2D eigenvalue weighted by Gasteiger charge is 2.11. The SMILES string of the molecule is O=C(COC(=O)CCNc1ncccn1)Nc1cc(Cl)c(Cl)cc1Cl. The third-order valence-corrected chi connectivity index (χ3v) is 3.86. The van der Waals surface area contributed by atoms with Crippen molar-refractivity contribution in [2.75, 3.05) is 23.8 Å². The maximum atomic E-state index is 11.8. The van der Waals surface area contributed by atoms with Gasteiger partial charge in [0, 0.05) is 18.9 Å². The summed E-state index contributed by atoms with van der Waals surface area (Å²) in [6.07, 6.45) is 3.21. The molecular formula is C15H13Cl3N4O3. The summed E-state index contributed by atoms with van der Waals surface area (Å²) in [5, 5.41) is 6.08. The van der Waals surface area contributed by atoms with E-state index < -0.39 is 18.5 Å². The van der Waals surface area contributed by atoms with Gasteiger partial charge in [-0.2, -0.15) is 0 Å². The highest BCUT2D eigenvalue weighted by atomic mass is 35.5. The minimum atomic E-state index is -0.548. The van der Waals surface area contributed by atoms with Crippen molar-refractivity contribution in [3.05, 3.63) is 45.7 Å². The van der Waals surface area contributed by atoms with E-state index in [0.29, 0.717) is 5.95 Å². The summed E-state index contributed by atoms with van der Waals surface area (Å²) >= 11 is 17.6. The van der Waals surface area contributed by atoms with Crippen LogP contribution in [0.2, 0.25) is 15.1 Å². The normalized spacial score (nSPS) is 10.2. The van der Waals surface area contributed by atoms with Gasteiger partial charge in [-0.3, -0.25) is 9.59 Å². The summed E-state index contributed by atoms with van der Waals surface area (Å²) in [5.41, 5.74) is 0.278. The van der Waals surface area contributed by atoms with Gasteiger partial charge < -0.3 is 15.4 Å². The van der Waals surface area contributed by atoms with Crippen LogP contribution in [0.3, 0.4) is 0 Å². The molecule has 0 bridgehead atoms. The number of ether oxygens (including phenoxy) is 1. The lowest BCUT2D eigenvalue weighted by molar-refractivity contribution is -0.147. The zero-order chi connectivity index (χ0) is 18.2. The Bertz CT molecular complexity index is 759. The summed E-state index contributed by atoms with van der Waals surface area (Å²) in [6.45, 7) is -0.166. The highest BCUT2D eigenvalue weighted by molar-refractivity contribution is 6.44. The van der Waals surface area contributed by atoms with Crippen molar-refractivity contribution >= 4 is 58.3 Å². The summed E-state index contributed by atoms with van der Waals surface area (Å²) in [6, 6.07) is 4.50. The number of aromatic nitrogens is 2. The smallest absolute Gasteiger partial charge is 0.308 e. The Balaban J connectivity index is 1.72. The van der Waals surface area contributed by atoms with Crippen LogP contribution in [0.1, 0.15) is 6.42 Å². The molecule has 2 N–H and O–H groups in total. The predicted octanol–water partition coefficient (Wildman–Crippen LogP) is 3.42. The molecular weight excluding hydrogens is 391 g/mol. The molecule has 0 spiro atoms. The Morgan fingerprint density at radius 3 is 2.44 bits per heavy atom. The number of hydrogen-bond donors (Lipinski definition) is 2. The summed E-state index contributed by atoms with van der Waals surface area (Å²) in [7, 11) is 0. The number of nitrogens with one attached hydrogen (secondary N) is 2. The first-order valence-electron chi connectivity index (χ1n) is 7.06. The van der Waals surface area contributed by atoms with E-state index in [9.17, 15) is 9.59 Å². The molecule has 0 fully saturated rings. The molecule has 1 amide bonds. The van der Waals surface area contributed by atoms with E-state index in [0.717, 1.165) is 0 Å². The van der Waals surface area contributed by atoms with E-state index in [1.54, 1.807) is 18.5 Å². The average Bonchev–Trinajstić information content (AvgIpc) is 2.59. The van der Waals surface area contributed by atoms with Crippen molar-refractivity contribution in [2.24, 2.45) is 0 Å². The fraction of sp³-hybridized carbons (Fsp3) is 0.200. The summed E-state index contributed by atoms with van der Waals surface area (Å²) in [4.78, 5) is 31.3. The minimum Gasteiger partial charge on any atom is -0.456 e. The van der Waals surface area contributed by atoms with Gasteiger partial charge in [-0.1, -0.05) is 34.8 Å². The van der Waals surface area contributed by atoms with E-state index in [-0.39, 0.29) is 33.7 Å². The number of carbonyl (C=O) groups is 2. The van der Waals surface area contributed by atoms with Crippen LogP contribution in [-0.4, -0.2) is 35.0 Å². The molecule has 10 heteroatoms. The first-order valence-corrected chi connectivity index (χ1v) is 8.20. The second-order valence-electron chi connectivity index (χ2n) is 4.70. The number of esters is 1. The van der Waals surface area contributed by atoms with Crippen molar-refractivity contribution in [2.45, 2.75) is 6.42 Å². The van der Waals surface area contributed by atoms with Crippen molar-refractivity contribution in [3.63, 3.8) is 0 Å². The summed E-state index contributed by atoms with van der Waals surface area (Å²) < 4.78 is 4.87. The van der Waals surface area contributed by atoms with Gasteiger partial charge in [0.25, 0.3) is 5.91 Å². The standard InChI is InChI=1S/C15H13Cl3N4O3/c16-9-6-11(18)12(7-10(9)17)22-13(23)8-25-14(24)2-5-21-15-19-3-1-4-20-15/h1,3-4,6-7H,2,5,8H2,(H,22,23)(H,19,20,21). The molecule has 0 unspecified atom stereocenters. The van der Waals surface area contributed by atoms with Gasteiger partial charge in [-0.15, -0.1) is 0 Å². The molecule has 1 heterocycles. The molecule has 2 aromatic rings. The largest absolute Gasteiger partial charge is 0.456 e. The zero-order valence-corrected chi connectivity index (χ0v) is 15.0. The topological polar surface area (TPSA) is 93.2 Å². The third-order valence-electron chi connectivity index (χ3n) is 2.83. The fourth-order valence-corrected chi connectivity index (χ4v) is 2.28. The molecule has 132 valence electrons. The molecule has 0 radical (unpaired) electrons. The highest BCUT2D eigenvalue weighted by Crippen LogP contribution is 2.32. The molecule has 1 aromatic heterocycles. The molecule has 25 heavy (non-hydrogen) atoms. The second kappa shape index (κ2) is 9.41. The number of benzene rings is 1. The van der Waals surface area contributed by atoms with Gasteiger partial charge in [0.15, 0.2) is 6.61 Å². The van der Waals surface area contributed by atoms with Crippen LogP contribution in [0, 0.1) is 0 Å². The van der Waals surface area contributed by atoms with Crippen LogP contribution >= 0.6 is 34.8 Å². The average molecular weight is 404 g/mol. The van der Waals surface area contributed by atoms with Gasteiger partial charge in [0.05, 0.1) is 27.2 Å². The fourth-order valence-electron chi connectivity index (χ4n) is 1.69. The van der Waals surface area contributed by atoms with Gasteiger partial charge in [0.1, 0.15) is 0 Å². The zero-order valence-electron chi connectivity index (χ0n) is 12.8. The number of halogens is 3. The third kappa shape index (κ3) is 6.38. The van der Waals surface area contributed by atoms with E-state index >= 15 is 0 Å². The maximum absolute atomic E-state index is 11.8. The number of anilines is 2. The van der Waals surface area contributed by atoms with Crippen LogP contribution in [0.25, 0.3) is 0 Å². The van der Waals surface area contributed by atoms with E-state index in [1.165, 1.54) is 12.1 Å². The van der Waals surface area contributed by atoms with E-state index in [2.05, 4.69) is 20.6 Å². The quantitative estimate of drug-likeness (QED) is 0.543. The van der Waals surface area contributed by atoms with E-state index in [4.69, 9.17) is 39.5 Å². The molecule has 0 aliphatic rings. The molecule has 0 saturated heterocycles. The van der Waals surface area contributed by atoms with Gasteiger partial charge >= 0.3 is 5.97 Å². The number of amides is 1. The number of nitrogens with zero attached hydrogens (tertiary/aromatic N) is 2. The Morgan fingerprint density at radius 2 is 1.72 bits per heavy atom. The molecule has 0 atom stereocenters. The van der Waals surface area contributed by atoms with Crippen molar-refractivity contribution in [1.29, 1.82) is 0 Å². The first kappa shape index (κ1) is 19.2. The lowest BCUT2D eigenvalue weighted by atomic mass is 10.3. The first-order chi connectivity index (χ1) is 12.0. The number of rotatable bonds is 7. The van der Waals surface area contributed by atoms with Crippen LogP contribution in [0.5, 0.6) is 0 Å². The molecule has 7 nitrogen and oxygen atoms in total. The van der Waals surface area contributed by atoms with Gasteiger partial charge in [-0.05, 0) is 18.2 Å². The molecule has 2 rings (SSSR count). The van der Waals surface area contributed by atoms with Crippen molar-refractivity contribution in [3.8, 4) is 0 Å². The van der Waals surface area contributed by atoms with Gasteiger partial charge in [0.2, 0.25) is 5.95 Å². The Hall–Kier alpha value is -2.09. The summed E-state index contributed by atoms with van der Waals surface area (Å²) in [5.74, 6) is -0.686. The molecule has 0 aliphatic heterocycles. The van der Waals surface area contributed by atoms with Crippen LogP contribution in [0.15, 0.2) is 30.6 Å².